The maximum atomic E-state index is 13.3. The van der Waals surface area contributed by atoms with E-state index in [2.05, 4.69) is 25.7 Å². The number of hydrogen-bond donors (Lipinski definition) is 6. The molecule has 3 heterocycles. The highest BCUT2D eigenvalue weighted by Gasteiger charge is 2.53. The molecule has 0 spiro atoms. The fraction of sp³-hybridized carbons (Fsp3) is 0.615. The summed E-state index contributed by atoms with van der Waals surface area (Å²) in [6.45, 7) is 6.66. The standard InChI is InChI=1S/C26H35N5O10/c1-10(2)15-17(33)19(35)26(41-21-18(34)16(32)11(3)39-22(21)25(37)38)40-20(15)24(36)27-9-13-5-7-14(8-6-13)23-30-28-12(4)29-31-23/h5-8,10-11,15-22,26,32-35H,9H2,1-4H3,(H,27,36)(H,37,38). The Labute approximate surface area is 235 Å². The summed E-state index contributed by atoms with van der Waals surface area (Å²) >= 11 is 0. The lowest BCUT2D eigenvalue weighted by Crippen LogP contribution is -2.65. The Morgan fingerprint density at radius 3 is 2.15 bits per heavy atom. The van der Waals surface area contributed by atoms with E-state index in [4.69, 9.17) is 14.2 Å². The van der Waals surface area contributed by atoms with E-state index in [0.717, 1.165) is 5.56 Å². The number of benzene rings is 1. The lowest BCUT2D eigenvalue weighted by Gasteiger charge is -2.46. The smallest absolute Gasteiger partial charge is 0.335 e. The van der Waals surface area contributed by atoms with Crippen LogP contribution < -0.4 is 5.32 Å². The molecule has 0 aliphatic carbocycles. The van der Waals surface area contributed by atoms with Crippen molar-refractivity contribution in [3.05, 3.63) is 35.7 Å². The normalized spacial score (nSPS) is 33.9. The van der Waals surface area contributed by atoms with Crippen LogP contribution in [0.25, 0.3) is 11.4 Å². The number of aliphatic carboxylic acids is 1. The number of nitrogens with zero attached hydrogens (tertiary/aromatic N) is 4. The van der Waals surface area contributed by atoms with E-state index in [1.807, 2.05) is 0 Å². The minimum atomic E-state index is -1.71. The third-order valence-corrected chi connectivity index (χ3v) is 7.30. The molecule has 10 unspecified atom stereocenters. The number of aliphatic hydroxyl groups excluding tert-OH is 4. The van der Waals surface area contributed by atoms with Gasteiger partial charge in [-0.25, -0.2) is 4.79 Å². The highest BCUT2D eigenvalue weighted by atomic mass is 16.7. The van der Waals surface area contributed by atoms with Crippen molar-refractivity contribution < 1.29 is 49.3 Å². The van der Waals surface area contributed by atoms with Crippen molar-refractivity contribution >= 4 is 11.9 Å². The zero-order chi connectivity index (χ0) is 30.0. The summed E-state index contributed by atoms with van der Waals surface area (Å²) in [5.74, 6) is -2.45. The maximum Gasteiger partial charge on any atom is 0.335 e. The molecule has 10 atom stereocenters. The summed E-state index contributed by atoms with van der Waals surface area (Å²) in [6, 6.07) is 7.01. The van der Waals surface area contributed by atoms with E-state index in [9.17, 15) is 35.1 Å². The molecule has 0 radical (unpaired) electrons. The summed E-state index contributed by atoms with van der Waals surface area (Å²) in [5.41, 5.74) is 1.41. The number of hydrogen-bond acceptors (Lipinski definition) is 13. The van der Waals surface area contributed by atoms with Gasteiger partial charge in [0.15, 0.2) is 18.2 Å². The Hall–Kier alpha value is -3.18. The van der Waals surface area contributed by atoms with Crippen LogP contribution in [0.1, 0.15) is 32.2 Å². The molecule has 4 rings (SSSR count). The molecule has 0 bridgehead atoms. The molecule has 2 aliphatic heterocycles. The predicted molar refractivity (Wildman–Crippen MR) is 138 cm³/mol. The molecule has 2 fully saturated rings. The second-order valence-electron chi connectivity index (χ2n) is 10.6. The zero-order valence-corrected chi connectivity index (χ0v) is 22.9. The molecule has 1 amide bonds. The van der Waals surface area contributed by atoms with Crippen LogP contribution in [-0.4, -0.2) is 113 Å². The van der Waals surface area contributed by atoms with Crippen molar-refractivity contribution in [1.29, 1.82) is 0 Å². The maximum absolute atomic E-state index is 13.3. The van der Waals surface area contributed by atoms with Crippen LogP contribution in [0.3, 0.4) is 0 Å². The number of carbonyl (C=O) groups excluding carboxylic acids is 1. The Morgan fingerprint density at radius 1 is 0.927 bits per heavy atom. The van der Waals surface area contributed by atoms with Crippen LogP contribution in [0.4, 0.5) is 0 Å². The Balaban J connectivity index is 1.47. The van der Waals surface area contributed by atoms with E-state index >= 15 is 0 Å². The molecular formula is C26H35N5O10. The fourth-order valence-electron chi connectivity index (χ4n) is 4.98. The van der Waals surface area contributed by atoms with E-state index in [1.54, 1.807) is 45.0 Å². The van der Waals surface area contributed by atoms with Gasteiger partial charge >= 0.3 is 5.97 Å². The lowest BCUT2D eigenvalue weighted by atomic mass is 9.80. The molecule has 15 nitrogen and oxygen atoms in total. The van der Waals surface area contributed by atoms with Gasteiger partial charge in [-0.05, 0) is 25.3 Å². The van der Waals surface area contributed by atoms with Crippen molar-refractivity contribution in [2.45, 2.75) is 89.4 Å². The summed E-state index contributed by atoms with van der Waals surface area (Å²) in [6.07, 6.45) is -13.8. The zero-order valence-electron chi connectivity index (χ0n) is 22.9. The Bertz CT molecular complexity index is 1200. The van der Waals surface area contributed by atoms with Crippen LogP contribution in [0, 0.1) is 18.8 Å². The van der Waals surface area contributed by atoms with Gasteiger partial charge < -0.3 is 45.1 Å². The first-order chi connectivity index (χ1) is 19.4. The summed E-state index contributed by atoms with van der Waals surface area (Å²) in [7, 11) is 0. The van der Waals surface area contributed by atoms with Crippen LogP contribution in [0.2, 0.25) is 0 Å². The minimum Gasteiger partial charge on any atom is -0.479 e. The summed E-state index contributed by atoms with van der Waals surface area (Å²) in [5, 5.41) is 70.5. The second kappa shape index (κ2) is 12.8. The highest BCUT2D eigenvalue weighted by molar-refractivity contribution is 5.81. The number of aromatic nitrogens is 4. The van der Waals surface area contributed by atoms with Crippen molar-refractivity contribution in [3.63, 3.8) is 0 Å². The Kier molecular flexibility index (Phi) is 9.59. The first-order valence-corrected chi connectivity index (χ1v) is 13.2. The van der Waals surface area contributed by atoms with Gasteiger partial charge in [-0.15, -0.1) is 20.4 Å². The number of carboxylic acid groups (broad SMARTS) is 1. The molecule has 2 saturated heterocycles. The quantitative estimate of drug-likeness (QED) is 0.211. The molecule has 1 aromatic carbocycles. The summed E-state index contributed by atoms with van der Waals surface area (Å²) in [4.78, 5) is 25.1. The highest BCUT2D eigenvalue weighted by Crippen LogP contribution is 2.35. The van der Waals surface area contributed by atoms with Gasteiger partial charge in [-0.2, -0.15) is 0 Å². The fourth-order valence-corrected chi connectivity index (χ4v) is 4.98. The molecule has 1 aromatic heterocycles. The molecule has 2 aliphatic rings. The van der Waals surface area contributed by atoms with E-state index in [0.29, 0.717) is 17.2 Å². The number of rotatable bonds is 8. The van der Waals surface area contributed by atoms with Crippen LogP contribution in [0.5, 0.6) is 0 Å². The predicted octanol–water partition coefficient (Wildman–Crippen LogP) is -1.44. The molecule has 224 valence electrons. The topological polar surface area (TPSA) is 227 Å². The first-order valence-electron chi connectivity index (χ1n) is 13.2. The van der Waals surface area contributed by atoms with E-state index < -0.39 is 72.9 Å². The van der Waals surface area contributed by atoms with Crippen LogP contribution in [0.15, 0.2) is 24.3 Å². The Morgan fingerprint density at radius 2 is 1.56 bits per heavy atom. The molecule has 2 aromatic rings. The van der Waals surface area contributed by atoms with Gasteiger partial charge in [0, 0.05) is 18.0 Å². The van der Waals surface area contributed by atoms with Crippen molar-refractivity contribution in [3.8, 4) is 11.4 Å². The minimum absolute atomic E-state index is 0.0968. The number of aryl methyl sites for hydroxylation is 1. The molecule has 41 heavy (non-hydrogen) atoms. The molecule has 6 N–H and O–H groups in total. The molecule has 15 heteroatoms. The first kappa shape index (κ1) is 30.8. The van der Waals surface area contributed by atoms with Gasteiger partial charge in [-0.1, -0.05) is 38.1 Å². The lowest BCUT2D eigenvalue weighted by molar-refractivity contribution is -0.328. The number of carbonyl (C=O) groups is 2. The second-order valence-corrected chi connectivity index (χ2v) is 10.6. The third-order valence-electron chi connectivity index (χ3n) is 7.30. The van der Waals surface area contributed by atoms with Crippen molar-refractivity contribution in [2.24, 2.45) is 11.8 Å². The van der Waals surface area contributed by atoms with Gasteiger partial charge in [-0.3, -0.25) is 4.79 Å². The summed E-state index contributed by atoms with van der Waals surface area (Å²) < 4.78 is 16.7. The van der Waals surface area contributed by atoms with Gasteiger partial charge in [0.05, 0.1) is 12.2 Å². The van der Waals surface area contributed by atoms with Crippen LogP contribution >= 0.6 is 0 Å². The number of nitrogens with one attached hydrogen (secondary N) is 1. The van der Waals surface area contributed by atoms with E-state index in [1.165, 1.54) is 6.92 Å². The molecule has 0 saturated carbocycles. The SMILES string of the molecule is Cc1nnc(-c2ccc(CNC(=O)C3OC(OC4C(C(=O)O)OC(C)C(O)C4O)C(O)C(O)C3C(C)C)cc2)nn1. The van der Waals surface area contributed by atoms with Crippen molar-refractivity contribution in [2.75, 3.05) is 0 Å². The van der Waals surface area contributed by atoms with Gasteiger partial charge in [0.2, 0.25) is 11.7 Å². The average Bonchev–Trinajstić information content (AvgIpc) is 2.94. The van der Waals surface area contributed by atoms with Gasteiger partial charge in [0.25, 0.3) is 0 Å². The largest absolute Gasteiger partial charge is 0.479 e. The van der Waals surface area contributed by atoms with Gasteiger partial charge in [0.1, 0.15) is 30.5 Å². The van der Waals surface area contributed by atoms with Crippen LogP contribution in [-0.2, 0) is 30.3 Å². The monoisotopic (exact) mass is 577 g/mol. The molecular weight excluding hydrogens is 542 g/mol. The number of carboxylic acids is 1. The third kappa shape index (κ3) is 6.67. The number of amides is 1. The van der Waals surface area contributed by atoms with E-state index in [-0.39, 0.29) is 12.5 Å². The van der Waals surface area contributed by atoms with Crippen molar-refractivity contribution in [1.82, 2.24) is 25.7 Å². The average molecular weight is 578 g/mol. The number of ether oxygens (including phenoxy) is 3. The number of aliphatic hydroxyl groups is 4.